The molecule has 0 bridgehead atoms. The standard InChI is InChI=1S/C44H48F2N4O8/c1-4-56-40(57-5-2)26-48(30-19-20-30)41(51)28(3)50(31-21-22-37(45)38(46)23-31)42(52)39(49(44(54)55)25-29-13-7-6-8-14-29)24-47-43(53)58-27-36-34-17-11-9-15-32(34)33-16-10-12-18-35(33)36/h6-18,21-23,28,30,36,39-40H,4-5,19-20,24-27H2,1-3H3,(H,47,53)(H,54,55). The Morgan fingerprint density at radius 1 is 0.810 bits per heavy atom. The third-order valence-electron chi connectivity index (χ3n) is 10.4. The minimum absolute atomic E-state index is 0.0390. The van der Waals surface area contributed by atoms with Crippen molar-refractivity contribution in [3.63, 3.8) is 0 Å². The van der Waals surface area contributed by atoms with E-state index in [2.05, 4.69) is 5.32 Å². The molecule has 0 aromatic heterocycles. The number of nitrogens with zero attached hydrogens (tertiary/aromatic N) is 3. The van der Waals surface area contributed by atoms with E-state index in [1.54, 1.807) is 49.1 Å². The second-order valence-electron chi connectivity index (χ2n) is 14.2. The van der Waals surface area contributed by atoms with E-state index >= 15 is 4.79 Å². The van der Waals surface area contributed by atoms with E-state index in [9.17, 15) is 28.3 Å². The van der Waals surface area contributed by atoms with Crippen LogP contribution in [-0.4, -0.2) is 96.2 Å². The molecule has 0 saturated heterocycles. The molecule has 306 valence electrons. The van der Waals surface area contributed by atoms with Crippen LogP contribution in [0.2, 0.25) is 0 Å². The van der Waals surface area contributed by atoms with Crippen molar-refractivity contribution in [3.05, 3.63) is 125 Å². The maximum Gasteiger partial charge on any atom is 0.408 e. The molecule has 0 aliphatic heterocycles. The molecule has 0 heterocycles. The molecule has 4 aromatic carbocycles. The first-order valence-electron chi connectivity index (χ1n) is 19.5. The molecule has 2 N–H and O–H groups in total. The van der Waals surface area contributed by atoms with Gasteiger partial charge in [-0.25, -0.2) is 18.4 Å². The highest BCUT2D eigenvalue weighted by atomic mass is 19.2. The number of benzene rings is 4. The number of carbonyl (C=O) groups excluding carboxylic acids is 3. The first-order valence-corrected chi connectivity index (χ1v) is 19.5. The van der Waals surface area contributed by atoms with Crippen LogP contribution < -0.4 is 10.2 Å². The number of nitrogens with one attached hydrogen (secondary N) is 1. The smallest absolute Gasteiger partial charge is 0.408 e. The number of carbonyl (C=O) groups is 4. The van der Waals surface area contributed by atoms with Gasteiger partial charge in [-0.1, -0.05) is 78.9 Å². The van der Waals surface area contributed by atoms with Gasteiger partial charge in [-0.2, -0.15) is 0 Å². The lowest BCUT2D eigenvalue weighted by atomic mass is 9.98. The van der Waals surface area contributed by atoms with Crippen molar-refractivity contribution >= 4 is 29.7 Å². The predicted octanol–water partition coefficient (Wildman–Crippen LogP) is 7.16. The molecule has 14 heteroatoms. The van der Waals surface area contributed by atoms with E-state index < -0.39 is 60.6 Å². The number of ether oxygens (including phenoxy) is 3. The summed E-state index contributed by atoms with van der Waals surface area (Å²) in [5.74, 6) is -4.24. The molecule has 58 heavy (non-hydrogen) atoms. The number of carboxylic acid groups (broad SMARTS) is 1. The van der Waals surface area contributed by atoms with Crippen LogP contribution in [0.25, 0.3) is 11.1 Å². The van der Waals surface area contributed by atoms with Gasteiger partial charge >= 0.3 is 12.2 Å². The molecule has 1 saturated carbocycles. The van der Waals surface area contributed by atoms with Crippen molar-refractivity contribution in [3.8, 4) is 11.1 Å². The molecule has 0 spiro atoms. The summed E-state index contributed by atoms with van der Waals surface area (Å²) in [6, 6.07) is 23.7. The zero-order chi connectivity index (χ0) is 41.3. The second-order valence-corrected chi connectivity index (χ2v) is 14.2. The van der Waals surface area contributed by atoms with E-state index in [-0.39, 0.29) is 37.3 Å². The fraction of sp³-hybridized carbons (Fsp3) is 0.364. The van der Waals surface area contributed by atoms with E-state index in [1.165, 1.54) is 6.92 Å². The van der Waals surface area contributed by atoms with E-state index in [4.69, 9.17) is 14.2 Å². The van der Waals surface area contributed by atoms with Crippen LogP contribution in [0.5, 0.6) is 0 Å². The Hall–Kier alpha value is -5.86. The average molecular weight is 799 g/mol. The summed E-state index contributed by atoms with van der Waals surface area (Å²) < 4.78 is 46.4. The fourth-order valence-electron chi connectivity index (χ4n) is 7.43. The van der Waals surface area contributed by atoms with Crippen molar-refractivity contribution in [1.82, 2.24) is 15.1 Å². The predicted molar refractivity (Wildman–Crippen MR) is 212 cm³/mol. The molecule has 4 aromatic rings. The van der Waals surface area contributed by atoms with Gasteiger partial charge in [-0.05, 0) is 73.6 Å². The Balaban J connectivity index is 1.30. The van der Waals surface area contributed by atoms with Gasteiger partial charge in [0, 0.05) is 43.5 Å². The van der Waals surface area contributed by atoms with Gasteiger partial charge in [0.25, 0.3) is 5.91 Å². The number of halogens is 2. The van der Waals surface area contributed by atoms with Gasteiger partial charge in [0.1, 0.15) is 18.7 Å². The molecule has 6 rings (SSSR count). The van der Waals surface area contributed by atoms with E-state index in [0.717, 1.165) is 50.3 Å². The van der Waals surface area contributed by atoms with Crippen molar-refractivity contribution in [2.45, 2.75) is 70.5 Å². The van der Waals surface area contributed by atoms with Crippen molar-refractivity contribution in [2.75, 3.05) is 37.8 Å². The Morgan fingerprint density at radius 2 is 1.41 bits per heavy atom. The number of hydrogen-bond donors (Lipinski definition) is 2. The minimum Gasteiger partial charge on any atom is -0.465 e. The summed E-state index contributed by atoms with van der Waals surface area (Å²) in [6.07, 6.45) is -1.79. The Bertz CT molecular complexity index is 2030. The van der Waals surface area contributed by atoms with Gasteiger partial charge < -0.3 is 29.5 Å². The van der Waals surface area contributed by atoms with Gasteiger partial charge in [-0.3, -0.25) is 19.4 Å². The highest BCUT2D eigenvalue weighted by Crippen LogP contribution is 2.44. The number of hydrogen-bond acceptors (Lipinski definition) is 7. The van der Waals surface area contributed by atoms with Crippen LogP contribution in [0.4, 0.5) is 24.1 Å². The number of alkyl carbamates (subject to hydrolysis) is 1. The molecule has 12 nitrogen and oxygen atoms in total. The number of rotatable bonds is 18. The van der Waals surface area contributed by atoms with Crippen LogP contribution in [0.3, 0.4) is 0 Å². The summed E-state index contributed by atoms with van der Waals surface area (Å²) in [4.78, 5) is 59.3. The lowest BCUT2D eigenvalue weighted by molar-refractivity contribution is -0.160. The summed E-state index contributed by atoms with van der Waals surface area (Å²) in [6.45, 7) is 4.78. The minimum atomic E-state index is -1.67. The number of amides is 4. The molecular formula is C44H48F2N4O8. The second kappa shape index (κ2) is 19.1. The molecular weight excluding hydrogens is 751 g/mol. The highest BCUT2D eigenvalue weighted by molar-refractivity contribution is 6.04. The van der Waals surface area contributed by atoms with Crippen molar-refractivity contribution in [2.24, 2.45) is 0 Å². The quantitative estimate of drug-likeness (QED) is 0.101. The van der Waals surface area contributed by atoms with Gasteiger partial charge in [0.15, 0.2) is 17.9 Å². The summed E-state index contributed by atoms with van der Waals surface area (Å²) in [5, 5.41) is 13.2. The van der Waals surface area contributed by atoms with Crippen LogP contribution in [0.1, 0.15) is 56.2 Å². The maximum absolute atomic E-state index is 15.0. The zero-order valence-electron chi connectivity index (χ0n) is 32.7. The molecule has 2 atom stereocenters. The lowest BCUT2D eigenvalue weighted by Gasteiger charge is -2.38. The maximum atomic E-state index is 15.0. The Kier molecular flexibility index (Phi) is 13.7. The molecule has 2 aliphatic carbocycles. The van der Waals surface area contributed by atoms with Crippen molar-refractivity contribution < 1.29 is 47.3 Å². The van der Waals surface area contributed by atoms with Crippen LogP contribution in [-0.2, 0) is 30.3 Å². The summed E-state index contributed by atoms with van der Waals surface area (Å²) >= 11 is 0. The highest BCUT2D eigenvalue weighted by Gasteiger charge is 2.43. The summed E-state index contributed by atoms with van der Waals surface area (Å²) in [7, 11) is 0. The van der Waals surface area contributed by atoms with Gasteiger partial charge in [0.2, 0.25) is 5.91 Å². The third-order valence-corrected chi connectivity index (χ3v) is 10.4. The third kappa shape index (κ3) is 9.63. The van der Waals surface area contributed by atoms with Crippen LogP contribution in [0.15, 0.2) is 97.1 Å². The Morgan fingerprint density at radius 3 is 1.98 bits per heavy atom. The summed E-state index contributed by atoms with van der Waals surface area (Å²) in [5.41, 5.74) is 4.37. The largest absolute Gasteiger partial charge is 0.465 e. The Labute approximate surface area is 336 Å². The van der Waals surface area contributed by atoms with E-state index in [1.807, 2.05) is 48.5 Å². The van der Waals surface area contributed by atoms with Gasteiger partial charge in [-0.15, -0.1) is 0 Å². The first kappa shape index (κ1) is 41.8. The van der Waals surface area contributed by atoms with Crippen molar-refractivity contribution in [1.29, 1.82) is 0 Å². The fourth-order valence-corrected chi connectivity index (χ4v) is 7.43. The average Bonchev–Trinajstić information content (AvgIpc) is 4.02. The molecule has 0 radical (unpaired) electrons. The zero-order valence-corrected chi connectivity index (χ0v) is 32.7. The first-order chi connectivity index (χ1) is 28.0. The number of anilines is 1. The molecule has 2 unspecified atom stereocenters. The SMILES string of the molecule is CCOC(CN(C(=O)C(C)N(C(=O)C(CNC(=O)OCC1c2ccccc2-c2ccccc21)N(Cc1ccccc1)C(=O)O)c1ccc(F)c(F)c1)C1CC1)OCC. The lowest BCUT2D eigenvalue weighted by Crippen LogP contribution is -2.60. The normalized spacial score (nSPS) is 14.2. The molecule has 4 amide bonds. The topological polar surface area (TPSA) is 138 Å². The van der Waals surface area contributed by atoms with Crippen LogP contribution in [0, 0.1) is 11.6 Å². The van der Waals surface area contributed by atoms with Gasteiger partial charge in [0.05, 0.1) is 13.1 Å². The van der Waals surface area contributed by atoms with Crippen LogP contribution >= 0.6 is 0 Å². The number of fused-ring (bicyclic) bond motifs is 3. The molecule has 2 aliphatic rings. The van der Waals surface area contributed by atoms with E-state index in [0.29, 0.717) is 31.6 Å². The molecule has 1 fully saturated rings. The monoisotopic (exact) mass is 798 g/mol.